The summed E-state index contributed by atoms with van der Waals surface area (Å²) in [5.74, 6) is 0.969. The molecule has 1 N–H and O–H groups in total. The van der Waals surface area contributed by atoms with Gasteiger partial charge in [-0.1, -0.05) is 44.2 Å². The molecule has 0 amide bonds. The Bertz CT molecular complexity index is 608. The number of aryl methyl sites for hydroxylation is 1. The largest absolute Gasteiger partial charge is 0.342 e. The SMILES string of the molecule is CC.Cc1nc2c(ccc3ccccc32)[nH]1. The minimum Gasteiger partial charge on any atom is -0.342 e. The van der Waals surface area contributed by atoms with E-state index >= 15 is 0 Å². The molecule has 2 heteroatoms. The third kappa shape index (κ3) is 1.67. The summed E-state index contributed by atoms with van der Waals surface area (Å²) in [7, 11) is 0. The van der Waals surface area contributed by atoms with Crippen LogP contribution in [0.4, 0.5) is 0 Å². The third-order valence-corrected chi connectivity index (χ3v) is 2.50. The van der Waals surface area contributed by atoms with Crippen LogP contribution in [0, 0.1) is 6.92 Å². The second kappa shape index (κ2) is 4.35. The van der Waals surface area contributed by atoms with Crippen LogP contribution in [0.1, 0.15) is 19.7 Å². The Morgan fingerprint density at radius 2 is 1.75 bits per heavy atom. The molecule has 2 aromatic carbocycles. The van der Waals surface area contributed by atoms with E-state index in [0.717, 1.165) is 16.9 Å². The highest BCUT2D eigenvalue weighted by Gasteiger charge is 2.02. The number of fused-ring (bicyclic) bond motifs is 3. The molecule has 3 aromatic rings. The number of aromatic amines is 1. The first-order valence-corrected chi connectivity index (χ1v) is 5.69. The second-order valence-electron chi connectivity index (χ2n) is 3.51. The lowest BCUT2D eigenvalue weighted by molar-refractivity contribution is 1.17. The zero-order valence-corrected chi connectivity index (χ0v) is 9.91. The normalized spacial score (nSPS) is 10.2. The van der Waals surface area contributed by atoms with Crippen molar-refractivity contribution in [2.24, 2.45) is 0 Å². The lowest BCUT2D eigenvalue weighted by atomic mass is 10.1. The van der Waals surface area contributed by atoms with E-state index in [1.54, 1.807) is 0 Å². The standard InChI is InChI=1S/C12H10N2.C2H6/c1-8-13-11-7-6-9-4-2-3-5-10(9)12(11)14-8;1-2/h2-7H,1H3,(H,13,14);1-2H3. The summed E-state index contributed by atoms with van der Waals surface area (Å²) < 4.78 is 0. The van der Waals surface area contributed by atoms with Crippen LogP contribution in [-0.4, -0.2) is 9.97 Å². The first-order chi connectivity index (χ1) is 7.84. The number of hydrogen-bond donors (Lipinski definition) is 1. The van der Waals surface area contributed by atoms with Crippen molar-refractivity contribution >= 4 is 21.8 Å². The third-order valence-electron chi connectivity index (χ3n) is 2.50. The van der Waals surface area contributed by atoms with Crippen LogP contribution in [0.5, 0.6) is 0 Å². The number of aromatic nitrogens is 2. The number of H-pyrrole nitrogens is 1. The van der Waals surface area contributed by atoms with Gasteiger partial charge in [-0.3, -0.25) is 0 Å². The zero-order valence-electron chi connectivity index (χ0n) is 9.91. The summed E-state index contributed by atoms with van der Waals surface area (Å²) in [6, 6.07) is 12.5. The van der Waals surface area contributed by atoms with Crippen LogP contribution in [0.15, 0.2) is 36.4 Å². The summed E-state index contributed by atoms with van der Waals surface area (Å²) in [5, 5.41) is 2.46. The average Bonchev–Trinajstić information content (AvgIpc) is 2.72. The van der Waals surface area contributed by atoms with E-state index in [-0.39, 0.29) is 0 Å². The van der Waals surface area contributed by atoms with Gasteiger partial charge in [-0.2, -0.15) is 0 Å². The zero-order chi connectivity index (χ0) is 11.5. The van der Waals surface area contributed by atoms with Crippen LogP contribution in [0.2, 0.25) is 0 Å². The summed E-state index contributed by atoms with van der Waals surface area (Å²) >= 11 is 0. The van der Waals surface area contributed by atoms with Crippen molar-refractivity contribution in [3.05, 3.63) is 42.2 Å². The number of nitrogens with one attached hydrogen (secondary N) is 1. The monoisotopic (exact) mass is 212 g/mol. The van der Waals surface area contributed by atoms with E-state index in [1.165, 1.54) is 10.8 Å². The first kappa shape index (κ1) is 10.7. The molecule has 0 aliphatic carbocycles. The van der Waals surface area contributed by atoms with E-state index in [4.69, 9.17) is 0 Å². The van der Waals surface area contributed by atoms with Crippen LogP contribution >= 0.6 is 0 Å². The molecule has 0 unspecified atom stereocenters. The van der Waals surface area contributed by atoms with E-state index in [0.29, 0.717) is 0 Å². The molecule has 2 nitrogen and oxygen atoms in total. The molecule has 3 rings (SSSR count). The van der Waals surface area contributed by atoms with Crippen molar-refractivity contribution in [3.8, 4) is 0 Å². The highest BCUT2D eigenvalue weighted by Crippen LogP contribution is 2.22. The maximum Gasteiger partial charge on any atom is 0.104 e. The molecule has 0 aliphatic rings. The molecule has 0 fully saturated rings. The molecule has 0 aliphatic heterocycles. The smallest absolute Gasteiger partial charge is 0.104 e. The minimum atomic E-state index is 0.969. The molecule has 0 bridgehead atoms. The quantitative estimate of drug-likeness (QED) is 0.598. The van der Waals surface area contributed by atoms with Gasteiger partial charge in [-0.05, 0) is 18.4 Å². The number of nitrogens with zero attached hydrogens (tertiary/aromatic N) is 1. The van der Waals surface area contributed by atoms with Gasteiger partial charge in [0.1, 0.15) is 5.82 Å². The first-order valence-electron chi connectivity index (χ1n) is 5.69. The number of rotatable bonds is 0. The van der Waals surface area contributed by atoms with Gasteiger partial charge in [-0.15, -0.1) is 0 Å². The Hall–Kier alpha value is -1.83. The predicted octanol–water partition coefficient (Wildman–Crippen LogP) is 4.05. The Kier molecular flexibility index (Phi) is 2.91. The number of imidazole rings is 1. The van der Waals surface area contributed by atoms with E-state index in [9.17, 15) is 0 Å². The molecule has 1 heterocycles. The van der Waals surface area contributed by atoms with Crippen LogP contribution in [0.3, 0.4) is 0 Å². The fraction of sp³-hybridized carbons (Fsp3) is 0.214. The molecule has 0 saturated heterocycles. The van der Waals surface area contributed by atoms with E-state index in [2.05, 4.69) is 34.2 Å². The molecular weight excluding hydrogens is 196 g/mol. The molecule has 16 heavy (non-hydrogen) atoms. The highest BCUT2D eigenvalue weighted by atomic mass is 14.9. The predicted molar refractivity (Wildman–Crippen MR) is 69.7 cm³/mol. The Morgan fingerprint density at radius 3 is 2.56 bits per heavy atom. The molecule has 0 atom stereocenters. The van der Waals surface area contributed by atoms with Gasteiger partial charge in [-0.25, -0.2) is 4.98 Å². The van der Waals surface area contributed by atoms with Crippen LogP contribution < -0.4 is 0 Å². The molecule has 0 saturated carbocycles. The van der Waals surface area contributed by atoms with E-state index < -0.39 is 0 Å². The highest BCUT2D eigenvalue weighted by molar-refractivity contribution is 6.03. The molecule has 0 spiro atoms. The molecule has 0 radical (unpaired) electrons. The summed E-state index contributed by atoms with van der Waals surface area (Å²) in [6.07, 6.45) is 0. The second-order valence-corrected chi connectivity index (χ2v) is 3.51. The van der Waals surface area contributed by atoms with Gasteiger partial charge in [0.2, 0.25) is 0 Å². The topological polar surface area (TPSA) is 28.7 Å². The van der Waals surface area contributed by atoms with Crippen LogP contribution in [-0.2, 0) is 0 Å². The number of hydrogen-bond acceptors (Lipinski definition) is 1. The van der Waals surface area contributed by atoms with Crippen molar-refractivity contribution in [1.82, 2.24) is 9.97 Å². The Balaban J connectivity index is 0.000000457. The minimum absolute atomic E-state index is 0.969. The maximum absolute atomic E-state index is 4.49. The van der Waals surface area contributed by atoms with E-state index in [1.807, 2.05) is 32.9 Å². The Labute approximate surface area is 95.3 Å². The van der Waals surface area contributed by atoms with Crippen molar-refractivity contribution in [3.63, 3.8) is 0 Å². The lowest BCUT2D eigenvalue weighted by Crippen LogP contribution is -1.74. The lowest BCUT2D eigenvalue weighted by Gasteiger charge is -1.96. The van der Waals surface area contributed by atoms with Gasteiger partial charge in [0.15, 0.2) is 0 Å². The van der Waals surface area contributed by atoms with Crippen LogP contribution in [0.25, 0.3) is 21.8 Å². The summed E-state index contributed by atoms with van der Waals surface area (Å²) in [4.78, 5) is 7.73. The summed E-state index contributed by atoms with van der Waals surface area (Å²) in [5.41, 5.74) is 2.18. The van der Waals surface area contributed by atoms with Crippen molar-refractivity contribution in [2.45, 2.75) is 20.8 Å². The van der Waals surface area contributed by atoms with Crippen molar-refractivity contribution in [1.29, 1.82) is 0 Å². The molecule has 82 valence electrons. The fourth-order valence-corrected chi connectivity index (χ4v) is 1.87. The van der Waals surface area contributed by atoms with Gasteiger partial charge in [0, 0.05) is 5.39 Å². The maximum atomic E-state index is 4.49. The number of benzene rings is 2. The average molecular weight is 212 g/mol. The Morgan fingerprint density at radius 1 is 1.00 bits per heavy atom. The van der Waals surface area contributed by atoms with Gasteiger partial charge < -0.3 is 4.98 Å². The molecular formula is C14H16N2. The fourth-order valence-electron chi connectivity index (χ4n) is 1.87. The van der Waals surface area contributed by atoms with Crippen molar-refractivity contribution in [2.75, 3.05) is 0 Å². The summed E-state index contributed by atoms with van der Waals surface area (Å²) in [6.45, 7) is 5.98. The van der Waals surface area contributed by atoms with Crippen molar-refractivity contribution < 1.29 is 0 Å². The van der Waals surface area contributed by atoms with Gasteiger partial charge in [0.25, 0.3) is 0 Å². The van der Waals surface area contributed by atoms with Gasteiger partial charge in [0.05, 0.1) is 11.0 Å². The van der Waals surface area contributed by atoms with Gasteiger partial charge >= 0.3 is 0 Å². The molecule has 1 aromatic heterocycles.